The van der Waals surface area contributed by atoms with E-state index in [9.17, 15) is 26.7 Å². The van der Waals surface area contributed by atoms with Gasteiger partial charge >= 0.3 is 5.97 Å². The van der Waals surface area contributed by atoms with Crippen molar-refractivity contribution in [3.8, 4) is 28.8 Å². The summed E-state index contributed by atoms with van der Waals surface area (Å²) in [4.78, 5) is 12.2. The Morgan fingerprint density at radius 3 is 1.83 bits per heavy atom. The summed E-state index contributed by atoms with van der Waals surface area (Å²) < 4.78 is 94.8. The maximum Gasteiger partial charge on any atom is 0.345 e. The summed E-state index contributed by atoms with van der Waals surface area (Å²) in [6.45, 7) is 7.46. The summed E-state index contributed by atoms with van der Waals surface area (Å²) in [6, 6.07) is 11.1. The summed E-state index contributed by atoms with van der Waals surface area (Å²) in [5, 5.41) is 4.32. The second-order valence-corrected chi connectivity index (χ2v) is 9.48. The van der Waals surface area contributed by atoms with E-state index in [4.69, 9.17) is 18.9 Å². The van der Waals surface area contributed by atoms with Gasteiger partial charge in [0, 0.05) is 0 Å². The molecule has 42 heavy (non-hydrogen) atoms. The number of esters is 1. The van der Waals surface area contributed by atoms with Crippen LogP contribution in [0, 0.1) is 36.0 Å². The van der Waals surface area contributed by atoms with E-state index in [1.807, 2.05) is 0 Å². The van der Waals surface area contributed by atoms with Crippen LogP contribution < -0.4 is 18.9 Å². The number of hydrogen-bond acceptors (Lipinski definition) is 7. The van der Waals surface area contributed by atoms with Gasteiger partial charge in [-0.1, -0.05) is 30.0 Å². The van der Waals surface area contributed by atoms with Crippen LogP contribution in [0.5, 0.6) is 23.1 Å². The number of para-hydroxylation sites is 1. The van der Waals surface area contributed by atoms with Crippen molar-refractivity contribution in [3.05, 3.63) is 82.8 Å². The number of halogens is 5. The molecule has 0 aliphatic heterocycles. The Balaban J connectivity index is 1.85. The van der Waals surface area contributed by atoms with Crippen molar-refractivity contribution in [2.24, 2.45) is 0 Å². The van der Waals surface area contributed by atoms with Crippen molar-refractivity contribution < 1.29 is 45.7 Å². The van der Waals surface area contributed by atoms with Crippen molar-refractivity contribution >= 4 is 17.7 Å². The van der Waals surface area contributed by atoms with Crippen LogP contribution in [0.1, 0.15) is 36.8 Å². The molecule has 0 atom stereocenters. The molecular formula is C29H25F5N2O5S. The van der Waals surface area contributed by atoms with E-state index < -0.39 is 40.0 Å². The van der Waals surface area contributed by atoms with E-state index in [0.29, 0.717) is 5.69 Å². The fourth-order valence-electron chi connectivity index (χ4n) is 3.87. The molecule has 0 saturated carbocycles. The third kappa shape index (κ3) is 6.01. The second-order valence-electron chi connectivity index (χ2n) is 8.46. The Morgan fingerprint density at radius 2 is 1.31 bits per heavy atom. The minimum absolute atomic E-state index is 0.0315. The Bertz CT molecular complexity index is 1560. The molecule has 1 heterocycles. The maximum absolute atomic E-state index is 14.6. The molecule has 3 aromatic carbocycles. The lowest BCUT2D eigenvalue weighted by Crippen LogP contribution is -2.14. The number of aryl methyl sites for hydroxylation is 1. The highest BCUT2D eigenvalue weighted by molar-refractivity contribution is 7.99. The maximum atomic E-state index is 14.6. The molecule has 0 unspecified atom stereocenters. The molecule has 4 aromatic rings. The van der Waals surface area contributed by atoms with E-state index in [2.05, 4.69) is 5.10 Å². The lowest BCUT2D eigenvalue weighted by molar-refractivity contribution is 0.0717. The fraction of sp³-hybridized carbons (Fsp3) is 0.241. The highest BCUT2D eigenvalue weighted by Crippen LogP contribution is 2.44. The van der Waals surface area contributed by atoms with Gasteiger partial charge in [0.1, 0.15) is 0 Å². The van der Waals surface area contributed by atoms with Crippen LogP contribution >= 0.6 is 11.8 Å². The lowest BCUT2D eigenvalue weighted by atomic mass is 10.2. The second kappa shape index (κ2) is 13.1. The van der Waals surface area contributed by atoms with Crippen LogP contribution in [0.2, 0.25) is 0 Å². The van der Waals surface area contributed by atoms with Crippen LogP contribution in [0.3, 0.4) is 0 Å². The van der Waals surface area contributed by atoms with Crippen molar-refractivity contribution in [2.45, 2.75) is 37.5 Å². The van der Waals surface area contributed by atoms with Gasteiger partial charge in [0.2, 0.25) is 17.4 Å². The minimum atomic E-state index is -2.29. The summed E-state index contributed by atoms with van der Waals surface area (Å²) in [7, 11) is 0. The van der Waals surface area contributed by atoms with Crippen LogP contribution in [0.15, 0.2) is 52.3 Å². The molecule has 0 aliphatic carbocycles. The first-order valence-corrected chi connectivity index (χ1v) is 13.6. The average Bonchev–Trinajstić information content (AvgIpc) is 3.29. The highest BCUT2D eigenvalue weighted by atomic mass is 32.2. The summed E-state index contributed by atoms with van der Waals surface area (Å²) in [5.41, 5.74) is 0.452. The zero-order valence-corrected chi connectivity index (χ0v) is 23.7. The Labute approximate surface area is 242 Å². The van der Waals surface area contributed by atoms with E-state index in [-0.39, 0.29) is 70.9 Å². The summed E-state index contributed by atoms with van der Waals surface area (Å²) >= 11 is 0.189. The number of nitrogens with zero attached hydrogens (tertiary/aromatic N) is 2. The summed E-state index contributed by atoms with van der Waals surface area (Å²) in [6.07, 6.45) is 0. The molecule has 0 radical (unpaired) electrons. The Morgan fingerprint density at radius 1 is 0.786 bits per heavy atom. The third-order valence-corrected chi connectivity index (χ3v) is 6.91. The Kier molecular flexibility index (Phi) is 9.61. The number of hydrogen-bond donors (Lipinski definition) is 0. The van der Waals surface area contributed by atoms with Gasteiger partial charge in [0.25, 0.3) is 0 Å². The quantitative estimate of drug-likeness (QED) is 0.0759. The number of aromatic nitrogens is 2. The van der Waals surface area contributed by atoms with Gasteiger partial charge in [-0.2, -0.15) is 9.78 Å². The molecule has 0 saturated heterocycles. The van der Waals surface area contributed by atoms with Crippen molar-refractivity contribution in [2.75, 3.05) is 19.8 Å². The molecule has 222 valence electrons. The van der Waals surface area contributed by atoms with Gasteiger partial charge < -0.3 is 18.9 Å². The van der Waals surface area contributed by atoms with Crippen LogP contribution in [-0.4, -0.2) is 35.6 Å². The zero-order chi connectivity index (χ0) is 30.6. The topological polar surface area (TPSA) is 71.8 Å². The molecule has 0 N–H and O–H groups in total. The van der Waals surface area contributed by atoms with Crippen molar-refractivity contribution in [1.29, 1.82) is 0 Å². The first kappa shape index (κ1) is 30.7. The van der Waals surface area contributed by atoms with Gasteiger partial charge in [0.05, 0.1) is 46.6 Å². The smallest absolute Gasteiger partial charge is 0.345 e. The van der Waals surface area contributed by atoms with Crippen LogP contribution in [0.25, 0.3) is 5.69 Å². The first-order valence-electron chi connectivity index (χ1n) is 12.8. The summed E-state index contributed by atoms with van der Waals surface area (Å²) in [5.74, 6) is -11.1. The molecular weight excluding hydrogens is 583 g/mol. The van der Waals surface area contributed by atoms with Crippen molar-refractivity contribution in [3.63, 3.8) is 0 Å². The van der Waals surface area contributed by atoms with Gasteiger partial charge in [-0.05, 0) is 52.0 Å². The first-order chi connectivity index (χ1) is 20.1. The van der Waals surface area contributed by atoms with E-state index in [0.717, 1.165) is 0 Å². The highest BCUT2D eigenvalue weighted by Gasteiger charge is 2.30. The van der Waals surface area contributed by atoms with Gasteiger partial charge in [-0.3, -0.25) is 0 Å². The normalized spacial score (nSPS) is 11.0. The number of rotatable bonds is 11. The third-order valence-electron chi connectivity index (χ3n) is 5.67. The molecule has 4 rings (SSSR count). The standard InChI is InChI=1S/C29H25F5N2O5S/c1-5-38-18-13-16(14-19(39-6-2)25(18)40-7-3)29(37)41-28-26(15(4)35-36(28)17-11-9-8-10-12-17)42-27-23(33)21(31)20(30)22(32)24(27)34/h8-14H,5-7H2,1-4H3. The molecule has 13 heteroatoms. The fourth-order valence-corrected chi connectivity index (χ4v) is 4.84. The van der Waals surface area contributed by atoms with Crippen LogP contribution in [-0.2, 0) is 0 Å². The largest absolute Gasteiger partial charge is 0.490 e. The van der Waals surface area contributed by atoms with E-state index >= 15 is 0 Å². The molecule has 7 nitrogen and oxygen atoms in total. The predicted octanol–water partition coefficient (Wildman–Crippen LogP) is 7.44. The number of ether oxygens (including phenoxy) is 4. The molecule has 0 spiro atoms. The van der Waals surface area contributed by atoms with E-state index in [1.165, 1.54) is 23.7 Å². The molecule has 0 aliphatic rings. The van der Waals surface area contributed by atoms with Gasteiger partial charge in [0.15, 0.2) is 34.8 Å². The number of carbonyl (C=O) groups excluding carboxylic acids is 1. The minimum Gasteiger partial charge on any atom is -0.490 e. The average molecular weight is 609 g/mol. The number of benzene rings is 3. The Hall–Kier alpha value is -4.26. The van der Waals surface area contributed by atoms with Gasteiger partial charge in [-0.25, -0.2) is 26.7 Å². The number of carbonyl (C=O) groups is 1. The zero-order valence-electron chi connectivity index (χ0n) is 22.9. The SMILES string of the molecule is CCOc1cc(C(=O)Oc2c(Sc3c(F)c(F)c(F)c(F)c3F)c(C)nn2-c2ccccc2)cc(OCC)c1OCC. The molecule has 0 amide bonds. The lowest BCUT2D eigenvalue weighted by Gasteiger charge is -2.17. The van der Waals surface area contributed by atoms with Crippen molar-refractivity contribution in [1.82, 2.24) is 9.78 Å². The predicted molar refractivity (Wildman–Crippen MR) is 144 cm³/mol. The van der Waals surface area contributed by atoms with Crippen LogP contribution in [0.4, 0.5) is 22.0 Å². The molecule has 0 fully saturated rings. The monoisotopic (exact) mass is 608 g/mol. The van der Waals surface area contributed by atoms with E-state index in [1.54, 1.807) is 51.1 Å². The molecule has 1 aromatic heterocycles. The van der Waals surface area contributed by atoms with Gasteiger partial charge in [-0.15, -0.1) is 0 Å². The molecule has 0 bridgehead atoms.